The van der Waals surface area contributed by atoms with Crippen molar-refractivity contribution in [3.8, 4) is 5.69 Å². The summed E-state index contributed by atoms with van der Waals surface area (Å²) in [6, 6.07) is 4.00. The first-order valence-corrected chi connectivity index (χ1v) is 4.96. The maximum atomic E-state index is 5.53. The van der Waals surface area contributed by atoms with Crippen molar-refractivity contribution < 1.29 is 0 Å². The highest BCUT2D eigenvalue weighted by Gasteiger charge is 2.03. The lowest BCUT2D eigenvalue weighted by Crippen LogP contribution is -2.08. The summed E-state index contributed by atoms with van der Waals surface area (Å²) >= 11 is 0. The highest BCUT2D eigenvalue weighted by atomic mass is 15.1. The maximum absolute atomic E-state index is 5.53. The van der Waals surface area contributed by atoms with Gasteiger partial charge in [-0.05, 0) is 25.6 Å². The maximum Gasteiger partial charge on any atom is 0.114 e. The van der Waals surface area contributed by atoms with Crippen LogP contribution < -0.4 is 5.73 Å². The molecular formula is C11H14N4. The molecule has 0 atom stereocenters. The summed E-state index contributed by atoms with van der Waals surface area (Å²) in [6.07, 6.45) is 6.33. The molecule has 2 heterocycles. The quantitative estimate of drug-likeness (QED) is 0.810. The monoisotopic (exact) mass is 202 g/mol. The first kappa shape index (κ1) is 9.86. The predicted octanol–water partition coefficient (Wildman–Crippen LogP) is 1.08. The SMILES string of the molecule is Cc1cc(-n2ccnc2CCN)ccn1. The molecule has 0 saturated carbocycles. The fourth-order valence-corrected chi connectivity index (χ4v) is 1.56. The van der Waals surface area contributed by atoms with Crippen LogP contribution in [0.25, 0.3) is 5.69 Å². The second-order valence-corrected chi connectivity index (χ2v) is 3.41. The first-order valence-electron chi connectivity index (χ1n) is 4.96. The number of pyridine rings is 1. The van der Waals surface area contributed by atoms with Crippen molar-refractivity contribution >= 4 is 0 Å². The third kappa shape index (κ3) is 2.05. The summed E-state index contributed by atoms with van der Waals surface area (Å²) in [5.41, 5.74) is 7.62. The third-order valence-electron chi connectivity index (χ3n) is 2.24. The minimum absolute atomic E-state index is 0.612. The van der Waals surface area contributed by atoms with Gasteiger partial charge >= 0.3 is 0 Å². The number of rotatable bonds is 3. The van der Waals surface area contributed by atoms with Gasteiger partial charge < -0.3 is 10.3 Å². The number of nitrogens with zero attached hydrogens (tertiary/aromatic N) is 3. The average molecular weight is 202 g/mol. The molecule has 0 aromatic carbocycles. The van der Waals surface area contributed by atoms with Gasteiger partial charge in [0.15, 0.2) is 0 Å². The topological polar surface area (TPSA) is 56.7 Å². The number of nitrogens with two attached hydrogens (primary N) is 1. The number of aryl methyl sites for hydroxylation is 1. The molecule has 0 aliphatic rings. The van der Waals surface area contributed by atoms with E-state index >= 15 is 0 Å². The lowest BCUT2D eigenvalue weighted by molar-refractivity contribution is 0.835. The van der Waals surface area contributed by atoms with E-state index in [1.165, 1.54) is 0 Å². The normalized spacial score (nSPS) is 10.5. The Bertz CT molecular complexity index is 447. The van der Waals surface area contributed by atoms with E-state index in [-0.39, 0.29) is 0 Å². The highest BCUT2D eigenvalue weighted by molar-refractivity contribution is 5.33. The predicted molar refractivity (Wildman–Crippen MR) is 58.9 cm³/mol. The van der Waals surface area contributed by atoms with Crippen LogP contribution in [0, 0.1) is 6.92 Å². The van der Waals surface area contributed by atoms with Crippen molar-refractivity contribution in [3.63, 3.8) is 0 Å². The molecule has 15 heavy (non-hydrogen) atoms. The summed E-state index contributed by atoms with van der Waals surface area (Å²) in [5.74, 6) is 0.989. The summed E-state index contributed by atoms with van der Waals surface area (Å²) in [7, 11) is 0. The van der Waals surface area contributed by atoms with Crippen molar-refractivity contribution in [1.29, 1.82) is 0 Å². The van der Waals surface area contributed by atoms with E-state index in [1.54, 1.807) is 12.4 Å². The molecule has 78 valence electrons. The lowest BCUT2D eigenvalue weighted by atomic mass is 10.3. The van der Waals surface area contributed by atoms with Crippen molar-refractivity contribution in [1.82, 2.24) is 14.5 Å². The van der Waals surface area contributed by atoms with Crippen LogP contribution in [0.5, 0.6) is 0 Å². The molecule has 0 aliphatic heterocycles. The molecule has 0 aliphatic carbocycles. The van der Waals surface area contributed by atoms with Gasteiger partial charge in [0, 0.05) is 30.7 Å². The second-order valence-electron chi connectivity index (χ2n) is 3.41. The number of aromatic nitrogens is 3. The van der Waals surface area contributed by atoms with Crippen LogP contribution in [0.1, 0.15) is 11.5 Å². The molecule has 2 rings (SSSR count). The van der Waals surface area contributed by atoms with Crippen molar-refractivity contribution in [3.05, 3.63) is 42.2 Å². The molecule has 0 amide bonds. The van der Waals surface area contributed by atoms with Crippen LogP contribution in [0.2, 0.25) is 0 Å². The van der Waals surface area contributed by atoms with E-state index in [0.717, 1.165) is 23.6 Å². The van der Waals surface area contributed by atoms with Crippen LogP contribution in [0.4, 0.5) is 0 Å². The van der Waals surface area contributed by atoms with Gasteiger partial charge in [0.05, 0.1) is 5.69 Å². The van der Waals surface area contributed by atoms with Crippen LogP contribution in [-0.4, -0.2) is 21.1 Å². The summed E-state index contributed by atoms with van der Waals surface area (Å²) in [4.78, 5) is 8.44. The average Bonchev–Trinajstić information content (AvgIpc) is 2.66. The Balaban J connectivity index is 2.40. The van der Waals surface area contributed by atoms with Crippen LogP contribution in [-0.2, 0) is 6.42 Å². The molecule has 0 saturated heterocycles. The number of hydrogen-bond acceptors (Lipinski definition) is 3. The van der Waals surface area contributed by atoms with Gasteiger partial charge in [-0.1, -0.05) is 0 Å². The molecule has 0 radical (unpaired) electrons. The largest absolute Gasteiger partial charge is 0.330 e. The van der Waals surface area contributed by atoms with E-state index < -0.39 is 0 Å². The van der Waals surface area contributed by atoms with Crippen molar-refractivity contribution in [2.75, 3.05) is 6.54 Å². The Labute approximate surface area is 88.8 Å². The zero-order valence-electron chi connectivity index (χ0n) is 8.72. The van der Waals surface area contributed by atoms with Crippen LogP contribution >= 0.6 is 0 Å². The molecule has 4 nitrogen and oxygen atoms in total. The van der Waals surface area contributed by atoms with Gasteiger partial charge in [-0.3, -0.25) is 4.98 Å². The highest BCUT2D eigenvalue weighted by Crippen LogP contribution is 2.10. The summed E-state index contributed by atoms with van der Waals surface area (Å²) in [6.45, 7) is 2.59. The summed E-state index contributed by atoms with van der Waals surface area (Å²) in [5, 5.41) is 0. The number of imidazole rings is 1. The minimum Gasteiger partial charge on any atom is -0.330 e. The van der Waals surface area contributed by atoms with E-state index in [2.05, 4.69) is 9.97 Å². The zero-order valence-corrected chi connectivity index (χ0v) is 8.72. The molecular weight excluding hydrogens is 188 g/mol. The molecule has 2 aromatic rings. The second kappa shape index (κ2) is 4.23. The van der Waals surface area contributed by atoms with Gasteiger partial charge in [-0.15, -0.1) is 0 Å². The van der Waals surface area contributed by atoms with Gasteiger partial charge in [0.25, 0.3) is 0 Å². The van der Waals surface area contributed by atoms with Gasteiger partial charge in [0.1, 0.15) is 5.82 Å². The smallest absolute Gasteiger partial charge is 0.114 e. The van der Waals surface area contributed by atoms with E-state index in [1.807, 2.05) is 29.8 Å². The van der Waals surface area contributed by atoms with E-state index in [9.17, 15) is 0 Å². The zero-order chi connectivity index (χ0) is 10.7. The molecule has 0 spiro atoms. The molecule has 4 heteroatoms. The third-order valence-corrected chi connectivity index (χ3v) is 2.24. The van der Waals surface area contributed by atoms with Crippen molar-refractivity contribution in [2.24, 2.45) is 5.73 Å². The fraction of sp³-hybridized carbons (Fsp3) is 0.273. The van der Waals surface area contributed by atoms with E-state index in [0.29, 0.717) is 6.54 Å². The Kier molecular flexibility index (Phi) is 2.78. The Morgan fingerprint density at radius 3 is 2.93 bits per heavy atom. The lowest BCUT2D eigenvalue weighted by Gasteiger charge is -2.07. The Hall–Kier alpha value is -1.68. The minimum atomic E-state index is 0.612. The van der Waals surface area contributed by atoms with Crippen LogP contribution in [0.3, 0.4) is 0 Å². The van der Waals surface area contributed by atoms with Crippen molar-refractivity contribution in [2.45, 2.75) is 13.3 Å². The van der Waals surface area contributed by atoms with Crippen LogP contribution in [0.15, 0.2) is 30.7 Å². The molecule has 0 unspecified atom stereocenters. The number of hydrogen-bond donors (Lipinski definition) is 1. The Morgan fingerprint density at radius 1 is 1.33 bits per heavy atom. The molecule has 2 aromatic heterocycles. The molecule has 0 bridgehead atoms. The van der Waals surface area contributed by atoms with Gasteiger partial charge in [0.2, 0.25) is 0 Å². The fourth-order valence-electron chi connectivity index (χ4n) is 1.56. The molecule has 2 N–H and O–H groups in total. The summed E-state index contributed by atoms with van der Waals surface area (Å²) < 4.78 is 2.04. The Morgan fingerprint density at radius 2 is 2.20 bits per heavy atom. The molecule has 0 fully saturated rings. The van der Waals surface area contributed by atoms with Gasteiger partial charge in [-0.25, -0.2) is 4.98 Å². The van der Waals surface area contributed by atoms with Gasteiger partial charge in [-0.2, -0.15) is 0 Å². The van der Waals surface area contributed by atoms with E-state index in [4.69, 9.17) is 5.73 Å². The standard InChI is InChI=1S/C11H14N4/c1-9-8-10(3-5-13-9)15-7-6-14-11(15)2-4-12/h3,5-8H,2,4,12H2,1H3. The first-order chi connectivity index (χ1) is 7.31.